The second kappa shape index (κ2) is 8.75. The highest BCUT2D eigenvalue weighted by Crippen LogP contribution is 2.55. The lowest BCUT2D eigenvalue weighted by Gasteiger charge is -2.33. The minimum absolute atomic E-state index is 0.0201. The molecule has 2 unspecified atom stereocenters. The molecule has 0 amide bonds. The van der Waals surface area contributed by atoms with E-state index in [4.69, 9.17) is 4.42 Å². The first-order chi connectivity index (χ1) is 16.8. The highest BCUT2D eigenvalue weighted by molar-refractivity contribution is 7.89. The fourth-order valence-corrected chi connectivity index (χ4v) is 5.79. The molecule has 0 spiro atoms. The summed E-state index contributed by atoms with van der Waals surface area (Å²) in [6, 6.07) is 13.2. The molecular weight excluding hydrogens is 477 g/mol. The van der Waals surface area contributed by atoms with Crippen LogP contribution < -0.4 is 4.90 Å². The lowest BCUT2D eigenvalue weighted by molar-refractivity contribution is -0.384. The van der Waals surface area contributed by atoms with Crippen LogP contribution in [0.1, 0.15) is 35.4 Å². The first kappa shape index (κ1) is 22.9. The number of nitriles is 1. The Labute approximate surface area is 200 Å². The second-order valence-electron chi connectivity index (χ2n) is 8.46. The maximum atomic E-state index is 13.6. The van der Waals surface area contributed by atoms with Gasteiger partial charge in [0, 0.05) is 44.2 Å². The molecule has 0 radical (unpaired) electrons. The minimum atomic E-state index is -3.82. The SMILES string of the molecule is N#Cc1nc(C2CC2c2cccc(F)c2)oc1N1CCN(S(=O)(=O)c2ccc([N+](=O)[O-])cc2)CC1. The third-order valence-corrected chi connectivity index (χ3v) is 8.24. The molecule has 12 heteroatoms. The summed E-state index contributed by atoms with van der Waals surface area (Å²) < 4.78 is 46.7. The molecule has 2 atom stereocenters. The molecule has 0 bridgehead atoms. The number of hydrogen-bond donors (Lipinski definition) is 0. The summed E-state index contributed by atoms with van der Waals surface area (Å²) in [6.45, 7) is 0.867. The van der Waals surface area contributed by atoms with Crippen LogP contribution >= 0.6 is 0 Å². The zero-order chi connectivity index (χ0) is 24.7. The number of rotatable bonds is 6. The van der Waals surface area contributed by atoms with E-state index < -0.39 is 14.9 Å². The van der Waals surface area contributed by atoms with Crippen LogP contribution in [-0.2, 0) is 10.0 Å². The number of sulfonamides is 1. The number of benzene rings is 2. The Morgan fingerprint density at radius 2 is 1.83 bits per heavy atom. The first-order valence-corrected chi connectivity index (χ1v) is 12.4. The molecular formula is C23H20FN5O5S. The van der Waals surface area contributed by atoms with E-state index in [9.17, 15) is 28.2 Å². The number of non-ortho nitro benzene ring substituents is 1. The average Bonchev–Trinajstić information content (AvgIpc) is 3.55. The van der Waals surface area contributed by atoms with Crippen molar-refractivity contribution in [2.45, 2.75) is 23.2 Å². The summed E-state index contributed by atoms with van der Waals surface area (Å²) in [5, 5.41) is 20.4. The molecule has 2 aliphatic rings. The van der Waals surface area contributed by atoms with Crippen molar-refractivity contribution in [3.8, 4) is 6.07 Å². The van der Waals surface area contributed by atoms with E-state index in [0.717, 1.165) is 24.1 Å². The van der Waals surface area contributed by atoms with Gasteiger partial charge in [-0.3, -0.25) is 10.1 Å². The van der Waals surface area contributed by atoms with Crippen molar-refractivity contribution in [2.75, 3.05) is 31.1 Å². The molecule has 2 aromatic carbocycles. The van der Waals surface area contributed by atoms with Gasteiger partial charge in [0.15, 0.2) is 0 Å². The Morgan fingerprint density at radius 3 is 2.46 bits per heavy atom. The first-order valence-electron chi connectivity index (χ1n) is 10.9. The van der Waals surface area contributed by atoms with Crippen molar-refractivity contribution in [3.05, 3.63) is 81.6 Å². The fourth-order valence-electron chi connectivity index (χ4n) is 4.37. The van der Waals surface area contributed by atoms with Crippen LogP contribution in [0.3, 0.4) is 0 Å². The monoisotopic (exact) mass is 497 g/mol. The summed E-state index contributed by atoms with van der Waals surface area (Å²) in [4.78, 5) is 16.4. The van der Waals surface area contributed by atoms with Crippen LogP contribution in [0.2, 0.25) is 0 Å². The Bertz CT molecular complexity index is 1430. The Hall–Kier alpha value is -3.82. The molecule has 1 aliphatic carbocycles. The Kier molecular flexibility index (Phi) is 5.74. The van der Waals surface area contributed by atoms with Gasteiger partial charge in [-0.05, 0) is 42.2 Å². The second-order valence-corrected chi connectivity index (χ2v) is 10.4. The van der Waals surface area contributed by atoms with Crippen molar-refractivity contribution in [2.24, 2.45) is 0 Å². The van der Waals surface area contributed by atoms with Crippen molar-refractivity contribution in [1.82, 2.24) is 9.29 Å². The van der Waals surface area contributed by atoms with Gasteiger partial charge < -0.3 is 9.32 Å². The number of anilines is 1. The topological polar surface area (TPSA) is 134 Å². The third kappa shape index (κ3) is 4.36. The number of halogens is 1. The van der Waals surface area contributed by atoms with Gasteiger partial charge in [-0.25, -0.2) is 17.8 Å². The van der Waals surface area contributed by atoms with Gasteiger partial charge in [-0.1, -0.05) is 12.1 Å². The number of piperazine rings is 1. The van der Waals surface area contributed by atoms with Gasteiger partial charge in [0.25, 0.3) is 5.69 Å². The molecule has 1 saturated heterocycles. The highest BCUT2D eigenvalue weighted by atomic mass is 32.2. The fraction of sp³-hybridized carbons (Fsp3) is 0.304. The predicted molar refractivity (Wildman–Crippen MR) is 122 cm³/mol. The van der Waals surface area contributed by atoms with Crippen LogP contribution in [0, 0.1) is 27.3 Å². The number of nitrogens with zero attached hydrogens (tertiary/aromatic N) is 5. The maximum Gasteiger partial charge on any atom is 0.269 e. The number of hydrogen-bond acceptors (Lipinski definition) is 8. The number of nitro benzene ring substituents is 1. The van der Waals surface area contributed by atoms with E-state index in [1.54, 1.807) is 11.0 Å². The van der Waals surface area contributed by atoms with E-state index in [0.29, 0.717) is 11.8 Å². The smallest absolute Gasteiger partial charge is 0.269 e. The van der Waals surface area contributed by atoms with Gasteiger partial charge in [-0.15, -0.1) is 0 Å². The lowest BCUT2D eigenvalue weighted by atomic mass is 10.1. The standard InChI is InChI=1S/C23H20FN5O5S/c24-16-3-1-2-15(12-16)19-13-20(19)22-26-21(14-25)23(34-22)27-8-10-28(11-9-27)35(32,33)18-6-4-17(5-7-18)29(30)31/h1-7,12,19-20H,8-11,13H2. The van der Waals surface area contributed by atoms with Crippen LogP contribution in [0.4, 0.5) is 16.0 Å². The van der Waals surface area contributed by atoms with Gasteiger partial charge in [0.2, 0.25) is 27.5 Å². The Balaban J connectivity index is 1.28. The summed E-state index contributed by atoms with van der Waals surface area (Å²) >= 11 is 0. The van der Waals surface area contributed by atoms with Crippen molar-refractivity contribution in [3.63, 3.8) is 0 Å². The zero-order valence-electron chi connectivity index (χ0n) is 18.4. The van der Waals surface area contributed by atoms with Gasteiger partial charge in [0.1, 0.15) is 11.9 Å². The van der Waals surface area contributed by atoms with Crippen LogP contribution in [0.25, 0.3) is 0 Å². The summed E-state index contributed by atoms with van der Waals surface area (Å²) in [5.74, 6) is 0.459. The molecule has 10 nitrogen and oxygen atoms in total. The molecule has 35 heavy (non-hydrogen) atoms. The molecule has 3 aromatic rings. The molecule has 2 heterocycles. The summed E-state index contributed by atoms with van der Waals surface area (Å²) in [5.41, 5.74) is 0.809. The summed E-state index contributed by atoms with van der Waals surface area (Å²) in [6.07, 6.45) is 0.746. The number of aromatic nitrogens is 1. The van der Waals surface area contributed by atoms with Gasteiger partial charge in [-0.2, -0.15) is 9.57 Å². The molecule has 1 aromatic heterocycles. The maximum absolute atomic E-state index is 13.6. The molecule has 2 fully saturated rings. The van der Waals surface area contributed by atoms with Crippen LogP contribution in [0.5, 0.6) is 0 Å². The normalized spacial score (nSPS) is 20.4. The van der Waals surface area contributed by atoms with Crippen molar-refractivity contribution < 1.29 is 22.1 Å². The van der Waals surface area contributed by atoms with Crippen LogP contribution in [-0.4, -0.2) is 48.8 Å². The largest absolute Gasteiger partial charge is 0.423 e. The van der Waals surface area contributed by atoms with Crippen LogP contribution in [0.15, 0.2) is 57.8 Å². The Morgan fingerprint density at radius 1 is 1.11 bits per heavy atom. The number of oxazole rings is 1. The highest BCUT2D eigenvalue weighted by Gasteiger charge is 2.44. The third-order valence-electron chi connectivity index (χ3n) is 6.33. The molecule has 1 saturated carbocycles. The molecule has 5 rings (SSSR count). The van der Waals surface area contributed by atoms with E-state index in [-0.39, 0.29) is 60.1 Å². The average molecular weight is 498 g/mol. The lowest BCUT2D eigenvalue weighted by Crippen LogP contribution is -2.48. The minimum Gasteiger partial charge on any atom is -0.423 e. The molecule has 0 N–H and O–H groups in total. The van der Waals surface area contributed by atoms with Gasteiger partial charge in [0.05, 0.1) is 9.82 Å². The quantitative estimate of drug-likeness (QED) is 0.374. The molecule has 180 valence electrons. The van der Waals surface area contributed by atoms with E-state index >= 15 is 0 Å². The van der Waals surface area contributed by atoms with E-state index in [1.807, 2.05) is 12.1 Å². The summed E-state index contributed by atoms with van der Waals surface area (Å²) in [7, 11) is -3.82. The molecule has 1 aliphatic heterocycles. The van der Waals surface area contributed by atoms with E-state index in [2.05, 4.69) is 4.98 Å². The van der Waals surface area contributed by atoms with Crippen molar-refractivity contribution in [1.29, 1.82) is 5.26 Å². The number of nitro groups is 1. The van der Waals surface area contributed by atoms with Crippen molar-refractivity contribution >= 4 is 21.6 Å². The van der Waals surface area contributed by atoms with Gasteiger partial charge >= 0.3 is 0 Å². The van der Waals surface area contributed by atoms with E-state index in [1.165, 1.54) is 28.6 Å². The zero-order valence-corrected chi connectivity index (χ0v) is 19.2. The predicted octanol–water partition coefficient (Wildman–Crippen LogP) is 3.38.